The molecule has 0 fully saturated rings. The van der Waals surface area contributed by atoms with Gasteiger partial charge in [0.05, 0.1) is 10.9 Å². The largest absolute Gasteiger partial charge is 0.350 e. The quantitative estimate of drug-likeness (QED) is 0.698. The lowest BCUT2D eigenvalue weighted by Gasteiger charge is -2.15. The summed E-state index contributed by atoms with van der Waals surface area (Å²) in [5.41, 5.74) is 1.45. The molecule has 8 heteroatoms. The average Bonchev–Trinajstić information content (AvgIpc) is 2.63. The van der Waals surface area contributed by atoms with E-state index in [1.807, 2.05) is 13.8 Å². The fourth-order valence-electron chi connectivity index (χ4n) is 2.59. The Morgan fingerprint density at radius 1 is 0.964 bits per heavy atom. The summed E-state index contributed by atoms with van der Waals surface area (Å²) in [5.74, 6) is -2.06. The number of halogens is 2. The molecule has 1 unspecified atom stereocenters. The lowest BCUT2D eigenvalue weighted by Crippen LogP contribution is -2.32. The van der Waals surface area contributed by atoms with Crippen LogP contribution in [0.15, 0.2) is 47.4 Å². The third-order valence-corrected chi connectivity index (χ3v) is 5.80. The van der Waals surface area contributed by atoms with Gasteiger partial charge in [0.1, 0.15) is 0 Å². The molecule has 0 aromatic heterocycles. The van der Waals surface area contributed by atoms with Crippen molar-refractivity contribution < 1.29 is 22.0 Å². The highest BCUT2D eigenvalue weighted by atomic mass is 32.2. The van der Waals surface area contributed by atoms with Crippen LogP contribution in [0.1, 0.15) is 50.3 Å². The summed E-state index contributed by atoms with van der Waals surface area (Å²) in [6.45, 7) is 5.58. The van der Waals surface area contributed by atoms with Gasteiger partial charge in [0.15, 0.2) is 11.6 Å². The van der Waals surface area contributed by atoms with Crippen LogP contribution in [0.5, 0.6) is 0 Å². The van der Waals surface area contributed by atoms with E-state index in [0.717, 1.165) is 17.7 Å². The third-order valence-electron chi connectivity index (χ3n) is 4.32. The first-order valence-corrected chi connectivity index (χ1v) is 10.4. The zero-order chi connectivity index (χ0) is 20.9. The zero-order valence-electron chi connectivity index (χ0n) is 16.0. The standard InChI is InChI=1S/C20H24F2N2O3S/c1-13(2)15-4-7-17(8-5-15)28(26,27)23-11-10-20(25)24-14(3)16-6-9-18(21)19(22)12-16/h4-9,12-14,23H,10-11H2,1-3H3,(H,24,25). The maximum atomic E-state index is 13.3. The van der Waals surface area contributed by atoms with Gasteiger partial charge >= 0.3 is 0 Å². The molecule has 0 radical (unpaired) electrons. The van der Waals surface area contributed by atoms with Gasteiger partial charge in [-0.15, -0.1) is 0 Å². The van der Waals surface area contributed by atoms with Crippen molar-refractivity contribution in [1.82, 2.24) is 10.0 Å². The number of sulfonamides is 1. The molecule has 2 aromatic rings. The normalized spacial score (nSPS) is 12.8. The van der Waals surface area contributed by atoms with Gasteiger partial charge in [-0.3, -0.25) is 4.79 Å². The van der Waals surface area contributed by atoms with Crippen molar-refractivity contribution in [3.8, 4) is 0 Å². The minimum Gasteiger partial charge on any atom is -0.350 e. The molecule has 0 aliphatic heterocycles. The van der Waals surface area contributed by atoms with Gasteiger partial charge < -0.3 is 5.32 Å². The molecule has 28 heavy (non-hydrogen) atoms. The van der Waals surface area contributed by atoms with E-state index in [9.17, 15) is 22.0 Å². The molecule has 0 saturated carbocycles. The second-order valence-electron chi connectivity index (χ2n) is 6.83. The Hall–Kier alpha value is -2.32. The predicted molar refractivity (Wildman–Crippen MR) is 103 cm³/mol. The predicted octanol–water partition coefficient (Wildman–Crippen LogP) is 3.63. The summed E-state index contributed by atoms with van der Waals surface area (Å²) in [6.07, 6.45) is -0.0860. The molecule has 152 valence electrons. The molecule has 0 heterocycles. The summed E-state index contributed by atoms with van der Waals surface area (Å²) in [6, 6.07) is 9.43. The first-order valence-electron chi connectivity index (χ1n) is 8.94. The number of hydrogen-bond donors (Lipinski definition) is 2. The summed E-state index contributed by atoms with van der Waals surface area (Å²) >= 11 is 0. The van der Waals surface area contributed by atoms with Crippen molar-refractivity contribution in [2.45, 2.75) is 44.0 Å². The molecule has 0 bridgehead atoms. The van der Waals surface area contributed by atoms with E-state index in [0.29, 0.717) is 11.5 Å². The van der Waals surface area contributed by atoms with Crippen LogP contribution in [0.25, 0.3) is 0 Å². The Bertz CT molecular complexity index is 929. The molecule has 0 aliphatic carbocycles. The molecular formula is C20H24F2N2O3S. The van der Waals surface area contributed by atoms with Gasteiger partial charge in [-0.05, 0) is 48.2 Å². The van der Waals surface area contributed by atoms with Crippen LogP contribution in [0.2, 0.25) is 0 Å². The Morgan fingerprint density at radius 3 is 2.14 bits per heavy atom. The molecule has 0 spiro atoms. The number of hydrogen-bond acceptors (Lipinski definition) is 3. The SMILES string of the molecule is CC(C)c1ccc(S(=O)(=O)NCCC(=O)NC(C)c2ccc(F)c(F)c2)cc1. The first kappa shape index (κ1) is 22.0. The summed E-state index contributed by atoms with van der Waals surface area (Å²) in [4.78, 5) is 12.1. The van der Waals surface area contributed by atoms with E-state index < -0.39 is 33.6 Å². The summed E-state index contributed by atoms with van der Waals surface area (Å²) < 4.78 is 53.2. The monoisotopic (exact) mass is 410 g/mol. The fraction of sp³-hybridized carbons (Fsp3) is 0.350. The van der Waals surface area contributed by atoms with Crippen LogP contribution in [0.3, 0.4) is 0 Å². The molecule has 2 aromatic carbocycles. The Kier molecular flexibility index (Phi) is 7.26. The van der Waals surface area contributed by atoms with Crippen molar-refractivity contribution in [1.29, 1.82) is 0 Å². The first-order chi connectivity index (χ1) is 13.1. The van der Waals surface area contributed by atoms with Crippen LogP contribution in [-0.2, 0) is 14.8 Å². The number of carbonyl (C=O) groups is 1. The second-order valence-corrected chi connectivity index (χ2v) is 8.60. The minimum absolute atomic E-state index is 0.0788. The number of carbonyl (C=O) groups excluding carboxylic acids is 1. The third kappa shape index (κ3) is 5.84. The maximum Gasteiger partial charge on any atom is 0.240 e. The van der Waals surface area contributed by atoms with Gasteiger partial charge in [-0.2, -0.15) is 0 Å². The van der Waals surface area contributed by atoms with Crippen LogP contribution >= 0.6 is 0 Å². The fourth-order valence-corrected chi connectivity index (χ4v) is 3.62. The molecule has 0 aliphatic rings. The highest BCUT2D eigenvalue weighted by Gasteiger charge is 2.16. The lowest BCUT2D eigenvalue weighted by atomic mass is 10.0. The maximum absolute atomic E-state index is 13.3. The topological polar surface area (TPSA) is 75.3 Å². The molecule has 2 rings (SSSR count). The minimum atomic E-state index is -3.71. The van der Waals surface area contributed by atoms with E-state index in [4.69, 9.17) is 0 Å². The van der Waals surface area contributed by atoms with Gasteiger partial charge in [0.2, 0.25) is 15.9 Å². The van der Waals surface area contributed by atoms with Gasteiger partial charge in [-0.25, -0.2) is 21.9 Å². The van der Waals surface area contributed by atoms with Crippen molar-refractivity contribution in [2.75, 3.05) is 6.54 Å². The van der Waals surface area contributed by atoms with Crippen LogP contribution < -0.4 is 10.0 Å². The highest BCUT2D eigenvalue weighted by Crippen LogP contribution is 2.18. The van der Waals surface area contributed by atoms with Crippen molar-refractivity contribution >= 4 is 15.9 Å². The van der Waals surface area contributed by atoms with E-state index in [1.165, 1.54) is 18.2 Å². The van der Waals surface area contributed by atoms with Crippen LogP contribution in [0, 0.1) is 11.6 Å². The summed E-state index contributed by atoms with van der Waals surface area (Å²) in [7, 11) is -3.71. The van der Waals surface area contributed by atoms with E-state index in [-0.39, 0.29) is 17.9 Å². The molecule has 2 N–H and O–H groups in total. The highest BCUT2D eigenvalue weighted by molar-refractivity contribution is 7.89. The van der Waals surface area contributed by atoms with Crippen LogP contribution in [-0.4, -0.2) is 20.9 Å². The van der Waals surface area contributed by atoms with E-state index >= 15 is 0 Å². The van der Waals surface area contributed by atoms with Crippen molar-refractivity contribution in [3.05, 3.63) is 65.2 Å². The van der Waals surface area contributed by atoms with Gasteiger partial charge in [0, 0.05) is 13.0 Å². The number of nitrogens with one attached hydrogen (secondary N) is 2. The van der Waals surface area contributed by atoms with E-state index in [1.54, 1.807) is 19.1 Å². The second kappa shape index (κ2) is 9.25. The smallest absolute Gasteiger partial charge is 0.240 e. The molecule has 1 atom stereocenters. The molecule has 0 saturated heterocycles. The van der Waals surface area contributed by atoms with Crippen molar-refractivity contribution in [2.24, 2.45) is 0 Å². The average molecular weight is 410 g/mol. The molecular weight excluding hydrogens is 386 g/mol. The van der Waals surface area contributed by atoms with Gasteiger partial charge in [0.25, 0.3) is 0 Å². The zero-order valence-corrected chi connectivity index (χ0v) is 16.8. The number of rotatable bonds is 8. The lowest BCUT2D eigenvalue weighted by molar-refractivity contribution is -0.121. The number of benzene rings is 2. The Balaban J connectivity index is 1.87. The Morgan fingerprint density at radius 2 is 1.57 bits per heavy atom. The van der Waals surface area contributed by atoms with Crippen molar-refractivity contribution in [3.63, 3.8) is 0 Å². The van der Waals surface area contributed by atoms with Crippen LogP contribution in [0.4, 0.5) is 8.78 Å². The molecule has 5 nitrogen and oxygen atoms in total. The number of amides is 1. The van der Waals surface area contributed by atoms with E-state index in [2.05, 4.69) is 10.0 Å². The molecule has 1 amide bonds. The summed E-state index contributed by atoms with van der Waals surface area (Å²) in [5, 5.41) is 2.63. The van der Waals surface area contributed by atoms with Gasteiger partial charge in [-0.1, -0.05) is 32.0 Å². The Labute approximate surface area is 164 Å².